The molecule has 3 atom stereocenters. The van der Waals surface area contributed by atoms with Crippen molar-refractivity contribution in [2.45, 2.75) is 24.0 Å². The Balaban J connectivity index is 1.43. The van der Waals surface area contributed by atoms with Crippen LogP contribution in [0.15, 0.2) is 60.9 Å². The van der Waals surface area contributed by atoms with Gasteiger partial charge in [-0.25, -0.2) is 0 Å². The number of carbonyl (C=O) groups is 1. The van der Waals surface area contributed by atoms with Gasteiger partial charge in [0.25, 0.3) is 0 Å². The van der Waals surface area contributed by atoms with E-state index in [-0.39, 0.29) is 11.8 Å². The van der Waals surface area contributed by atoms with Gasteiger partial charge in [-0.2, -0.15) is 0 Å². The van der Waals surface area contributed by atoms with Gasteiger partial charge in [-0.15, -0.1) is 0 Å². The summed E-state index contributed by atoms with van der Waals surface area (Å²) in [7, 11) is 0. The number of carbonyl (C=O) groups excluding carboxylic acids is 1. The molecule has 1 N–H and O–H groups in total. The molecule has 5 nitrogen and oxygen atoms in total. The van der Waals surface area contributed by atoms with Crippen molar-refractivity contribution in [3.05, 3.63) is 72.1 Å². The summed E-state index contributed by atoms with van der Waals surface area (Å²) in [6, 6.07) is 13.9. The highest BCUT2D eigenvalue weighted by Crippen LogP contribution is 2.42. The van der Waals surface area contributed by atoms with Gasteiger partial charge < -0.3 is 14.7 Å². The maximum atomic E-state index is 12.5. The van der Waals surface area contributed by atoms with E-state index in [0.717, 1.165) is 12.0 Å². The number of rotatable bonds is 3. The summed E-state index contributed by atoms with van der Waals surface area (Å²) >= 11 is 0. The van der Waals surface area contributed by atoms with E-state index in [1.54, 1.807) is 23.4 Å². The fourth-order valence-electron chi connectivity index (χ4n) is 3.87. The van der Waals surface area contributed by atoms with E-state index in [4.69, 9.17) is 4.74 Å². The van der Waals surface area contributed by atoms with E-state index in [1.165, 1.54) is 11.6 Å². The molecule has 2 fully saturated rings. The molecule has 2 aliphatic rings. The third-order valence-electron chi connectivity index (χ3n) is 5.31. The van der Waals surface area contributed by atoms with Crippen LogP contribution < -0.4 is 0 Å². The number of aromatic nitrogens is 1. The summed E-state index contributed by atoms with van der Waals surface area (Å²) in [5.74, 6) is 0.142. The third-order valence-corrected chi connectivity index (χ3v) is 5.31. The van der Waals surface area contributed by atoms with E-state index in [1.807, 2.05) is 30.3 Å². The highest BCUT2D eigenvalue weighted by Gasteiger charge is 2.52. The summed E-state index contributed by atoms with van der Waals surface area (Å²) in [4.78, 5) is 18.2. The minimum absolute atomic E-state index is 0.114. The van der Waals surface area contributed by atoms with Crippen LogP contribution in [0.3, 0.4) is 0 Å². The number of pyridine rings is 1. The Labute approximate surface area is 152 Å². The molecule has 4 rings (SSSR count). The van der Waals surface area contributed by atoms with Crippen LogP contribution in [-0.4, -0.2) is 52.3 Å². The molecule has 2 saturated heterocycles. The molecule has 1 aromatic heterocycles. The van der Waals surface area contributed by atoms with Crippen LogP contribution in [0.1, 0.15) is 23.5 Å². The summed E-state index contributed by atoms with van der Waals surface area (Å²) in [6.07, 6.45) is 6.75. The van der Waals surface area contributed by atoms with Crippen LogP contribution in [0, 0.1) is 0 Å². The highest BCUT2D eigenvalue weighted by atomic mass is 16.5. The number of β-amino-alcohol motifs (C(OH)–C–C–N with tert-alkyl or cyclic N) is 1. The lowest BCUT2D eigenvalue weighted by molar-refractivity contribution is -0.126. The van der Waals surface area contributed by atoms with Gasteiger partial charge in [-0.1, -0.05) is 36.4 Å². The Morgan fingerprint density at radius 3 is 2.88 bits per heavy atom. The van der Waals surface area contributed by atoms with Crippen molar-refractivity contribution in [2.24, 2.45) is 0 Å². The molecule has 0 radical (unpaired) electrons. The first-order valence-corrected chi connectivity index (χ1v) is 8.90. The van der Waals surface area contributed by atoms with E-state index in [9.17, 15) is 9.90 Å². The zero-order valence-corrected chi connectivity index (χ0v) is 14.5. The van der Waals surface area contributed by atoms with Crippen LogP contribution in [0.25, 0.3) is 6.08 Å². The van der Waals surface area contributed by atoms with Crippen LogP contribution in [0.5, 0.6) is 0 Å². The quantitative estimate of drug-likeness (QED) is 0.863. The number of benzene rings is 1. The number of ether oxygens (including phenoxy) is 1. The maximum absolute atomic E-state index is 12.5. The Morgan fingerprint density at radius 1 is 1.27 bits per heavy atom. The lowest BCUT2D eigenvalue weighted by Crippen LogP contribution is -2.41. The molecule has 0 saturated carbocycles. The normalized spacial score (nSPS) is 28.3. The molecule has 1 amide bonds. The molecular formula is C21H22N2O3. The molecule has 0 aliphatic carbocycles. The molecule has 3 heterocycles. The topological polar surface area (TPSA) is 62.7 Å². The second kappa shape index (κ2) is 7.02. The van der Waals surface area contributed by atoms with Crippen LogP contribution in [-0.2, 0) is 9.53 Å². The molecule has 5 heteroatoms. The van der Waals surface area contributed by atoms with Crippen molar-refractivity contribution >= 4 is 12.0 Å². The fourth-order valence-corrected chi connectivity index (χ4v) is 3.87. The van der Waals surface area contributed by atoms with Crippen LogP contribution in [0.4, 0.5) is 0 Å². The van der Waals surface area contributed by atoms with Crippen LogP contribution >= 0.6 is 0 Å². The Kier molecular flexibility index (Phi) is 4.57. The Hall–Kier alpha value is -2.50. The first-order valence-electron chi connectivity index (χ1n) is 8.90. The predicted octanol–water partition coefficient (Wildman–Crippen LogP) is 2.24. The standard InChI is InChI=1S/C21H22N2O3/c24-19-13-23(20(25)9-8-16-5-4-10-22-12-16)15-21(19)11-18(14-26-21)17-6-2-1-3-7-17/h1-10,12,18-19,24H,11,13-15H2/t18-,19-,21-/m1/s1. The summed E-state index contributed by atoms with van der Waals surface area (Å²) < 4.78 is 6.05. The van der Waals surface area contributed by atoms with Crippen molar-refractivity contribution in [2.75, 3.05) is 19.7 Å². The first kappa shape index (κ1) is 16.9. The van der Waals surface area contributed by atoms with E-state index in [2.05, 4.69) is 17.1 Å². The number of hydrogen-bond donors (Lipinski definition) is 1. The fraction of sp³-hybridized carbons (Fsp3) is 0.333. The number of nitrogens with zero attached hydrogens (tertiary/aromatic N) is 2. The molecular weight excluding hydrogens is 328 g/mol. The predicted molar refractivity (Wildman–Crippen MR) is 98.3 cm³/mol. The number of hydrogen-bond acceptors (Lipinski definition) is 4. The summed E-state index contributed by atoms with van der Waals surface area (Å²) in [6.45, 7) is 1.31. The number of aliphatic hydroxyl groups is 1. The van der Waals surface area contributed by atoms with Crippen LogP contribution in [0.2, 0.25) is 0 Å². The molecule has 0 unspecified atom stereocenters. The molecule has 1 aromatic carbocycles. The lowest BCUT2D eigenvalue weighted by atomic mass is 9.87. The Morgan fingerprint density at radius 2 is 2.12 bits per heavy atom. The van der Waals surface area contributed by atoms with Gasteiger partial charge in [0.15, 0.2) is 0 Å². The smallest absolute Gasteiger partial charge is 0.246 e. The third kappa shape index (κ3) is 3.28. The van der Waals surface area contributed by atoms with E-state index in [0.29, 0.717) is 19.7 Å². The first-order chi connectivity index (χ1) is 12.7. The minimum Gasteiger partial charge on any atom is -0.388 e. The summed E-state index contributed by atoms with van der Waals surface area (Å²) in [5.41, 5.74) is 1.44. The van der Waals surface area contributed by atoms with Crippen molar-refractivity contribution in [3.8, 4) is 0 Å². The molecule has 134 valence electrons. The average Bonchev–Trinajstić information content (AvgIpc) is 3.26. The molecule has 26 heavy (non-hydrogen) atoms. The van der Waals surface area contributed by atoms with Gasteiger partial charge in [0.2, 0.25) is 5.91 Å². The van der Waals surface area contributed by atoms with E-state index < -0.39 is 11.7 Å². The monoisotopic (exact) mass is 350 g/mol. The zero-order chi connectivity index (χ0) is 18.0. The van der Waals surface area contributed by atoms with E-state index >= 15 is 0 Å². The molecule has 0 bridgehead atoms. The number of amides is 1. The average molecular weight is 350 g/mol. The van der Waals surface area contributed by atoms with Crippen molar-refractivity contribution < 1.29 is 14.6 Å². The molecule has 2 aliphatic heterocycles. The minimum atomic E-state index is -0.660. The van der Waals surface area contributed by atoms with Gasteiger partial charge in [0.1, 0.15) is 11.7 Å². The summed E-state index contributed by atoms with van der Waals surface area (Å²) in [5, 5.41) is 10.6. The van der Waals surface area contributed by atoms with Crippen molar-refractivity contribution in [1.82, 2.24) is 9.88 Å². The lowest BCUT2D eigenvalue weighted by Gasteiger charge is -2.25. The highest BCUT2D eigenvalue weighted by molar-refractivity contribution is 5.92. The van der Waals surface area contributed by atoms with Crippen molar-refractivity contribution in [1.29, 1.82) is 0 Å². The maximum Gasteiger partial charge on any atom is 0.246 e. The van der Waals surface area contributed by atoms with Gasteiger partial charge in [0, 0.05) is 30.9 Å². The second-order valence-electron chi connectivity index (χ2n) is 7.04. The molecule has 2 aromatic rings. The van der Waals surface area contributed by atoms with Gasteiger partial charge in [-0.3, -0.25) is 9.78 Å². The van der Waals surface area contributed by atoms with Gasteiger partial charge in [-0.05, 0) is 29.7 Å². The van der Waals surface area contributed by atoms with Gasteiger partial charge >= 0.3 is 0 Å². The zero-order valence-electron chi connectivity index (χ0n) is 14.5. The largest absolute Gasteiger partial charge is 0.388 e. The molecule has 1 spiro atoms. The van der Waals surface area contributed by atoms with Gasteiger partial charge in [0.05, 0.1) is 13.2 Å². The Bertz CT molecular complexity index is 793. The SMILES string of the molecule is O=C(C=Cc1cccnc1)N1C[C@@H](O)[C@@]2(C[C@@H](c3ccccc3)CO2)C1. The number of aliphatic hydroxyl groups excluding tert-OH is 1. The van der Waals surface area contributed by atoms with Crippen molar-refractivity contribution in [3.63, 3.8) is 0 Å². The second-order valence-corrected chi connectivity index (χ2v) is 7.04. The number of likely N-dealkylation sites (tertiary alicyclic amines) is 1.